The Hall–Kier alpha value is -1.90. The fourth-order valence-corrected chi connectivity index (χ4v) is 1.76. The second-order valence-corrected chi connectivity index (χ2v) is 4.61. The Balaban J connectivity index is 2.33. The zero-order valence-electron chi connectivity index (χ0n) is 9.67. The number of alkyl halides is 3. The molecule has 20 heavy (non-hydrogen) atoms. The number of hydrogen-bond acceptors (Lipinski definition) is 4. The van der Waals surface area contributed by atoms with E-state index >= 15 is 0 Å². The molecule has 0 spiro atoms. The molecular weight excluding hydrogens is 344 g/mol. The SMILES string of the molecule is Nc1cc(Nc2ccc(F)c(Br)c2)nc(C(F)(F)F)n1. The molecule has 1 aromatic carbocycles. The molecule has 9 heteroatoms. The fourth-order valence-electron chi connectivity index (χ4n) is 1.38. The first kappa shape index (κ1) is 14.5. The van der Waals surface area contributed by atoms with E-state index in [0.29, 0.717) is 5.69 Å². The Bertz CT molecular complexity index is 645. The van der Waals surface area contributed by atoms with Gasteiger partial charge in [0, 0.05) is 11.8 Å². The molecule has 3 N–H and O–H groups in total. The molecule has 0 unspecified atom stereocenters. The molecule has 0 amide bonds. The maximum atomic E-state index is 13.1. The summed E-state index contributed by atoms with van der Waals surface area (Å²) in [6.07, 6.45) is -4.70. The highest BCUT2D eigenvalue weighted by Gasteiger charge is 2.35. The van der Waals surface area contributed by atoms with Gasteiger partial charge < -0.3 is 11.1 Å². The van der Waals surface area contributed by atoms with Crippen molar-refractivity contribution in [1.29, 1.82) is 0 Å². The van der Waals surface area contributed by atoms with Crippen LogP contribution in [0.3, 0.4) is 0 Å². The first-order valence-corrected chi connectivity index (χ1v) is 5.99. The van der Waals surface area contributed by atoms with Crippen LogP contribution in [0.2, 0.25) is 0 Å². The van der Waals surface area contributed by atoms with E-state index in [1.54, 1.807) is 0 Å². The van der Waals surface area contributed by atoms with Crippen LogP contribution in [0.1, 0.15) is 5.82 Å². The Morgan fingerprint density at radius 1 is 1.15 bits per heavy atom. The molecule has 0 bridgehead atoms. The highest BCUT2D eigenvalue weighted by molar-refractivity contribution is 9.10. The highest BCUT2D eigenvalue weighted by Crippen LogP contribution is 2.29. The molecule has 2 rings (SSSR count). The first-order chi connectivity index (χ1) is 9.25. The van der Waals surface area contributed by atoms with Gasteiger partial charge >= 0.3 is 6.18 Å². The van der Waals surface area contributed by atoms with Crippen LogP contribution in [-0.2, 0) is 6.18 Å². The molecule has 106 valence electrons. The van der Waals surface area contributed by atoms with Crippen LogP contribution in [0.15, 0.2) is 28.7 Å². The predicted octanol–water partition coefficient (Wildman–Crippen LogP) is 3.72. The van der Waals surface area contributed by atoms with Gasteiger partial charge in [0.1, 0.15) is 17.5 Å². The summed E-state index contributed by atoms with van der Waals surface area (Å²) in [6, 6.07) is 5.01. The number of hydrogen-bond donors (Lipinski definition) is 2. The summed E-state index contributed by atoms with van der Waals surface area (Å²) in [5.41, 5.74) is 5.65. The lowest BCUT2D eigenvalue weighted by Gasteiger charge is -2.10. The third-order valence-corrected chi connectivity index (χ3v) is 2.80. The van der Waals surface area contributed by atoms with Crippen LogP contribution in [0.4, 0.5) is 34.9 Å². The number of nitrogen functional groups attached to an aromatic ring is 1. The molecule has 0 aliphatic heterocycles. The van der Waals surface area contributed by atoms with E-state index in [2.05, 4.69) is 31.2 Å². The largest absolute Gasteiger partial charge is 0.451 e. The van der Waals surface area contributed by atoms with Gasteiger partial charge in [-0.15, -0.1) is 0 Å². The van der Waals surface area contributed by atoms with E-state index in [1.807, 2.05) is 0 Å². The predicted molar refractivity (Wildman–Crippen MR) is 68.8 cm³/mol. The van der Waals surface area contributed by atoms with Gasteiger partial charge in [0.25, 0.3) is 0 Å². The van der Waals surface area contributed by atoms with Gasteiger partial charge in [0.2, 0.25) is 5.82 Å². The average Bonchev–Trinajstić information content (AvgIpc) is 2.32. The van der Waals surface area contributed by atoms with Crippen molar-refractivity contribution in [1.82, 2.24) is 9.97 Å². The molecule has 1 heterocycles. The fraction of sp³-hybridized carbons (Fsp3) is 0.0909. The van der Waals surface area contributed by atoms with Crippen LogP contribution in [0, 0.1) is 5.82 Å². The Labute approximate surface area is 119 Å². The summed E-state index contributed by atoms with van der Waals surface area (Å²) in [5.74, 6) is -2.30. The summed E-state index contributed by atoms with van der Waals surface area (Å²) in [7, 11) is 0. The smallest absolute Gasteiger partial charge is 0.384 e. The third-order valence-electron chi connectivity index (χ3n) is 2.19. The molecule has 0 atom stereocenters. The minimum atomic E-state index is -4.70. The van der Waals surface area contributed by atoms with Crippen molar-refractivity contribution in [3.05, 3.63) is 40.4 Å². The van der Waals surface area contributed by atoms with Crippen LogP contribution >= 0.6 is 15.9 Å². The van der Waals surface area contributed by atoms with E-state index in [4.69, 9.17) is 5.73 Å². The Morgan fingerprint density at radius 2 is 1.85 bits per heavy atom. The average molecular weight is 351 g/mol. The molecule has 0 aliphatic carbocycles. The monoisotopic (exact) mass is 350 g/mol. The molecule has 0 fully saturated rings. The lowest BCUT2D eigenvalue weighted by molar-refractivity contribution is -0.144. The van der Waals surface area contributed by atoms with Gasteiger partial charge in [-0.05, 0) is 34.1 Å². The molecule has 0 saturated heterocycles. The van der Waals surface area contributed by atoms with Crippen molar-refractivity contribution in [3.63, 3.8) is 0 Å². The molecular formula is C11H7BrF4N4. The topological polar surface area (TPSA) is 63.8 Å². The number of aromatic nitrogens is 2. The number of nitrogens with zero attached hydrogens (tertiary/aromatic N) is 2. The summed E-state index contributed by atoms with van der Waals surface area (Å²) < 4.78 is 50.8. The zero-order chi connectivity index (χ0) is 14.9. The van der Waals surface area contributed by atoms with Crippen LogP contribution in [0.5, 0.6) is 0 Å². The van der Waals surface area contributed by atoms with E-state index in [0.717, 1.165) is 12.1 Å². The Morgan fingerprint density at radius 3 is 2.45 bits per heavy atom. The number of halogens is 5. The third kappa shape index (κ3) is 3.35. The van der Waals surface area contributed by atoms with Crippen molar-refractivity contribution in [2.24, 2.45) is 0 Å². The van der Waals surface area contributed by atoms with E-state index in [9.17, 15) is 17.6 Å². The van der Waals surface area contributed by atoms with Crippen molar-refractivity contribution in [3.8, 4) is 0 Å². The summed E-state index contributed by atoms with van der Waals surface area (Å²) in [5, 5.41) is 2.60. The van der Waals surface area contributed by atoms with E-state index in [1.165, 1.54) is 12.1 Å². The van der Waals surface area contributed by atoms with Crippen molar-refractivity contribution >= 4 is 33.3 Å². The van der Waals surface area contributed by atoms with Crippen molar-refractivity contribution in [2.45, 2.75) is 6.18 Å². The van der Waals surface area contributed by atoms with Crippen LogP contribution < -0.4 is 11.1 Å². The minimum Gasteiger partial charge on any atom is -0.384 e. The number of anilines is 3. The van der Waals surface area contributed by atoms with Gasteiger partial charge in [-0.3, -0.25) is 0 Å². The number of benzene rings is 1. The first-order valence-electron chi connectivity index (χ1n) is 5.19. The molecule has 4 nitrogen and oxygen atoms in total. The quantitative estimate of drug-likeness (QED) is 0.810. The van der Waals surface area contributed by atoms with Crippen LogP contribution in [0.25, 0.3) is 0 Å². The number of nitrogens with two attached hydrogens (primary N) is 1. The molecule has 0 aliphatic rings. The number of rotatable bonds is 2. The lowest BCUT2D eigenvalue weighted by Crippen LogP contribution is -2.13. The second-order valence-electron chi connectivity index (χ2n) is 3.75. The Kier molecular flexibility index (Phi) is 3.80. The maximum absolute atomic E-state index is 13.1. The molecule has 0 saturated carbocycles. The van der Waals surface area contributed by atoms with Gasteiger partial charge in [0.15, 0.2) is 0 Å². The van der Waals surface area contributed by atoms with E-state index in [-0.39, 0.29) is 16.1 Å². The molecule has 0 radical (unpaired) electrons. The summed E-state index contributed by atoms with van der Waals surface area (Å²) in [6.45, 7) is 0. The van der Waals surface area contributed by atoms with Gasteiger partial charge in [-0.25, -0.2) is 14.4 Å². The van der Waals surface area contributed by atoms with E-state index < -0.39 is 17.8 Å². The molecule has 2 aromatic rings. The summed E-state index contributed by atoms with van der Waals surface area (Å²) >= 11 is 2.97. The minimum absolute atomic E-state index is 0.136. The second kappa shape index (κ2) is 5.23. The maximum Gasteiger partial charge on any atom is 0.451 e. The zero-order valence-corrected chi connectivity index (χ0v) is 11.3. The number of nitrogens with one attached hydrogen (secondary N) is 1. The van der Waals surface area contributed by atoms with Gasteiger partial charge in [-0.1, -0.05) is 0 Å². The lowest BCUT2D eigenvalue weighted by atomic mass is 10.3. The van der Waals surface area contributed by atoms with Crippen molar-refractivity contribution in [2.75, 3.05) is 11.1 Å². The normalized spacial score (nSPS) is 11.4. The van der Waals surface area contributed by atoms with Gasteiger partial charge in [-0.2, -0.15) is 13.2 Å². The molecule has 1 aromatic heterocycles. The van der Waals surface area contributed by atoms with Crippen LogP contribution in [-0.4, -0.2) is 9.97 Å². The summed E-state index contributed by atoms with van der Waals surface area (Å²) in [4.78, 5) is 6.43. The van der Waals surface area contributed by atoms with Crippen molar-refractivity contribution < 1.29 is 17.6 Å². The standard InChI is InChI=1S/C11H7BrF4N4/c12-6-3-5(1-2-7(6)13)18-9-4-8(17)19-10(20-9)11(14,15)16/h1-4H,(H3,17,18,19,20). The highest BCUT2D eigenvalue weighted by atomic mass is 79.9. The van der Waals surface area contributed by atoms with Gasteiger partial charge in [0.05, 0.1) is 4.47 Å².